The van der Waals surface area contributed by atoms with Crippen LogP contribution in [0.3, 0.4) is 0 Å². The molecule has 3 aromatic rings. The molecule has 0 fully saturated rings. The van der Waals surface area contributed by atoms with Crippen LogP contribution in [0.2, 0.25) is 0 Å². The van der Waals surface area contributed by atoms with E-state index in [2.05, 4.69) is 79.7 Å². The second kappa shape index (κ2) is 7.48. The van der Waals surface area contributed by atoms with Gasteiger partial charge in [0, 0.05) is 18.6 Å². The Balaban J connectivity index is 1.84. The first-order valence-corrected chi connectivity index (χ1v) is 9.63. The fourth-order valence-corrected chi connectivity index (χ4v) is 4.66. The maximum atomic E-state index is 5.89. The quantitative estimate of drug-likeness (QED) is 0.578. The first kappa shape index (κ1) is 17.1. The van der Waals surface area contributed by atoms with Crippen LogP contribution in [0.4, 0.5) is 5.69 Å². The Kier molecular flexibility index (Phi) is 4.91. The zero-order valence-corrected chi connectivity index (χ0v) is 15.7. The number of rotatable bonds is 3. The van der Waals surface area contributed by atoms with E-state index < -0.39 is 0 Å². The van der Waals surface area contributed by atoms with Gasteiger partial charge in [-0.1, -0.05) is 78.5 Å². The summed E-state index contributed by atoms with van der Waals surface area (Å²) in [5, 5.41) is 1.02. The average molecular weight is 359 g/mol. The number of methoxy groups -OCH3 is 1. The van der Waals surface area contributed by atoms with Gasteiger partial charge in [0.05, 0.1) is 5.69 Å². The normalized spacial score (nSPS) is 20.8. The minimum Gasteiger partial charge on any atom is -0.369 e. The van der Waals surface area contributed by atoms with Crippen molar-refractivity contribution in [1.82, 2.24) is 0 Å². The van der Waals surface area contributed by atoms with Crippen molar-refractivity contribution in [2.24, 2.45) is 4.99 Å². The Bertz CT molecular complexity index is 936. The summed E-state index contributed by atoms with van der Waals surface area (Å²) in [4.78, 5) is 4.95. The first-order valence-electron chi connectivity index (χ1n) is 8.75. The highest BCUT2D eigenvalue weighted by molar-refractivity contribution is 8.15. The fourth-order valence-electron chi connectivity index (χ4n) is 3.43. The van der Waals surface area contributed by atoms with Crippen molar-refractivity contribution in [1.29, 1.82) is 0 Å². The van der Waals surface area contributed by atoms with Gasteiger partial charge in [-0.15, -0.1) is 0 Å². The summed E-state index contributed by atoms with van der Waals surface area (Å²) in [6.07, 6.45) is 0. The van der Waals surface area contributed by atoms with Crippen molar-refractivity contribution in [3.05, 3.63) is 101 Å². The van der Waals surface area contributed by atoms with E-state index in [0.717, 1.165) is 10.7 Å². The molecule has 3 aromatic carbocycles. The van der Waals surface area contributed by atoms with Crippen LogP contribution in [-0.2, 0) is 4.74 Å². The lowest BCUT2D eigenvalue weighted by molar-refractivity contribution is 0.160. The van der Waals surface area contributed by atoms with Crippen molar-refractivity contribution < 1.29 is 4.74 Å². The highest BCUT2D eigenvalue weighted by atomic mass is 32.2. The topological polar surface area (TPSA) is 21.6 Å². The molecule has 1 heterocycles. The van der Waals surface area contributed by atoms with E-state index in [9.17, 15) is 0 Å². The van der Waals surface area contributed by atoms with Gasteiger partial charge in [0.15, 0.2) is 0 Å². The number of benzene rings is 3. The zero-order chi connectivity index (χ0) is 17.9. The van der Waals surface area contributed by atoms with E-state index >= 15 is 0 Å². The van der Waals surface area contributed by atoms with Gasteiger partial charge < -0.3 is 4.74 Å². The molecule has 0 amide bonds. The van der Waals surface area contributed by atoms with Gasteiger partial charge in [-0.3, -0.25) is 0 Å². The number of ether oxygens (including phenoxy) is 1. The van der Waals surface area contributed by atoms with E-state index in [1.807, 2.05) is 6.07 Å². The number of hydrogen-bond acceptors (Lipinski definition) is 3. The van der Waals surface area contributed by atoms with Gasteiger partial charge in [-0.05, 0) is 35.7 Å². The minimum absolute atomic E-state index is 0.00383. The lowest BCUT2D eigenvalue weighted by Gasteiger charge is -2.33. The molecule has 1 aliphatic heterocycles. The molecule has 0 aliphatic carbocycles. The smallest absolute Gasteiger partial charge is 0.119 e. The van der Waals surface area contributed by atoms with Crippen molar-refractivity contribution in [2.75, 3.05) is 7.11 Å². The summed E-state index contributed by atoms with van der Waals surface area (Å²) >= 11 is 1.71. The highest BCUT2D eigenvalue weighted by Crippen LogP contribution is 2.44. The van der Waals surface area contributed by atoms with Crippen LogP contribution in [0, 0.1) is 6.92 Å². The molecule has 0 aromatic heterocycles. The molecule has 130 valence electrons. The zero-order valence-electron chi connectivity index (χ0n) is 14.9. The summed E-state index contributed by atoms with van der Waals surface area (Å²) in [6, 6.07) is 27.4. The lowest BCUT2D eigenvalue weighted by Crippen LogP contribution is -2.27. The van der Waals surface area contributed by atoms with E-state index in [1.54, 1.807) is 18.9 Å². The third-order valence-corrected chi connectivity index (χ3v) is 5.88. The summed E-state index contributed by atoms with van der Waals surface area (Å²) in [6.45, 7) is 2.09. The Labute approximate surface area is 158 Å². The van der Waals surface area contributed by atoms with Gasteiger partial charge in [0.2, 0.25) is 0 Å². The molecule has 0 unspecified atom stereocenters. The van der Waals surface area contributed by atoms with Crippen LogP contribution in [0.15, 0.2) is 83.9 Å². The molecule has 1 aliphatic rings. The number of aryl methyl sites for hydroxylation is 1. The van der Waals surface area contributed by atoms with E-state index in [-0.39, 0.29) is 11.4 Å². The minimum atomic E-state index is -0.00383. The van der Waals surface area contributed by atoms with Gasteiger partial charge in [0.1, 0.15) is 10.5 Å². The summed E-state index contributed by atoms with van der Waals surface area (Å²) in [5.41, 5.74) is 5.93. The van der Waals surface area contributed by atoms with Crippen molar-refractivity contribution >= 4 is 22.5 Å². The van der Waals surface area contributed by atoms with Crippen molar-refractivity contribution in [2.45, 2.75) is 18.3 Å². The molecule has 0 saturated carbocycles. The van der Waals surface area contributed by atoms with Crippen LogP contribution in [0.1, 0.15) is 28.2 Å². The Morgan fingerprint density at radius 1 is 0.885 bits per heavy atom. The maximum Gasteiger partial charge on any atom is 0.119 e. The third kappa shape index (κ3) is 3.33. The molecule has 0 spiro atoms. The lowest BCUT2D eigenvalue weighted by atomic mass is 9.88. The summed E-state index contributed by atoms with van der Waals surface area (Å²) in [5.74, 6) is 0.193. The number of thioether (sulfide) groups is 1. The summed E-state index contributed by atoms with van der Waals surface area (Å²) < 4.78 is 5.89. The number of aliphatic imine (C=N–C) groups is 1. The van der Waals surface area contributed by atoms with Gasteiger partial charge >= 0.3 is 0 Å². The molecular formula is C23H21NOS. The summed E-state index contributed by atoms with van der Waals surface area (Å²) in [7, 11) is 1.78. The van der Waals surface area contributed by atoms with Gasteiger partial charge in [0.25, 0.3) is 0 Å². The molecule has 3 heteroatoms. The molecule has 0 saturated heterocycles. The molecular weight excluding hydrogens is 338 g/mol. The highest BCUT2D eigenvalue weighted by Gasteiger charge is 2.34. The van der Waals surface area contributed by atoms with Crippen LogP contribution >= 0.6 is 11.8 Å². The molecule has 0 N–H and O–H groups in total. The molecule has 0 bridgehead atoms. The van der Waals surface area contributed by atoms with Crippen LogP contribution < -0.4 is 0 Å². The monoisotopic (exact) mass is 359 g/mol. The first-order chi connectivity index (χ1) is 12.8. The Hall–Kier alpha value is -2.36. The number of nitrogens with zero attached hydrogens (tertiary/aromatic N) is 1. The maximum absolute atomic E-state index is 5.89. The molecule has 26 heavy (non-hydrogen) atoms. The molecule has 0 radical (unpaired) electrons. The fraction of sp³-hybridized carbons (Fsp3) is 0.174. The SMILES string of the molecule is CO[C@@H]1SC(=Nc2cccc(C)c2)c2ccccc2[C@H]1c1ccccc1. The van der Waals surface area contributed by atoms with Crippen molar-refractivity contribution in [3.8, 4) is 0 Å². The second-order valence-electron chi connectivity index (χ2n) is 6.45. The number of fused-ring (bicyclic) bond motifs is 1. The Morgan fingerprint density at radius 3 is 2.42 bits per heavy atom. The molecule has 2 nitrogen and oxygen atoms in total. The van der Waals surface area contributed by atoms with Gasteiger partial charge in [-0.25, -0.2) is 4.99 Å². The van der Waals surface area contributed by atoms with Crippen LogP contribution in [0.25, 0.3) is 0 Å². The number of hydrogen-bond donors (Lipinski definition) is 0. The van der Waals surface area contributed by atoms with Gasteiger partial charge in [-0.2, -0.15) is 0 Å². The predicted octanol–water partition coefficient (Wildman–Crippen LogP) is 5.92. The van der Waals surface area contributed by atoms with Crippen LogP contribution in [-0.4, -0.2) is 17.6 Å². The average Bonchev–Trinajstić information content (AvgIpc) is 2.68. The third-order valence-electron chi connectivity index (χ3n) is 4.65. The molecule has 4 rings (SSSR count). The molecule has 2 atom stereocenters. The van der Waals surface area contributed by atoms with E-state index in [4.69, 9.17) is 9.73 Å². The second-order valence-corrected chi connectivity index (χ2v) is 7.54. The standard InChI is InChI=1S/C23H21NOS/c1-16-9-8-12-18(15-16)24-22-20-14-7-6-13-19(20)21(23(25-2)26-22)17-10-4-3-5-11-17/h3-15,21,23H,1-2H3/t21-,23-/m1/s1. The van der Waals surface area contributed by atoms with Crippen molar-refractivity contribution in [3.63, 3.8) is 0 Å². The Morgan fingerprint density at radius 2 is 1.65 bits per heavy atom. The predicted molar refractivity (Wildman–Crippen MR) is 110 cm³/mol. The van der Waals surface area contributed by atoms with E-state index in [0.29, 0.717) is 0 Å². The van der Waals surface area contributed by atoms with Crippen LogP contribution in [0.5, 0.6) is 0 Å². The largest absolute Gasteiger partial charge is 0.369 e. The van der Waals surface area contributed by atoms with E-state index in [1.165, 1.54) is 22.3 Å².